The van der Waals surface area contributed by atoms with Crippen LogP contribution in [-0.4, -0.2) is 23.1 Å². The maximum Gasteiger partial charge on any atom is 0.338 e. The molecule has 0 unspecified atom stereocenters. The summed E-state index contributed by atoms with van der Waals surface area (Å²) in [4.78, 5) is 29.3. The van der Waals surface area contributed by atoms with E-state index >= 15 is 0 Å². The topological polar surface area (TPSA) is 60.7 Å². The number of carbonyl (C=O) groups excluding carboxylic acids is 2. The molecular formula is C18H22N2O3S. The lowest BCUT2D eigenvalue weighted by molar-refractivity contribution is -0.122. The molecular weight excluding hydrogens is 324 g/mol. The standard InChI is InChI=1S/C18H22N2O3S/c1-3-23-17(22)13-9-10-14-15(11-13)24-18(20(14)2)19-16(21)12-7-5-4-6-8-12/h9-12H,3-8H2,1-2H3. The third-order valence-electron chi connectivity index (χ3n) is 4.48. The van der Waals surface area contributed by atoms with Crippen LogP contribution in [0.15, 0.2) is 23.2 Å². The lowest BCUT2D eigenvalue weighted by atomic mass is 9.89. The maximum absolute atomic E-state index is 12.4. The van der Waals surface area contributed by atoms with Gasteiger partial charge in [-0.1, -0.05) is 30.6 Å². The van der Waals surface area contributed by atoms with E-state index in [4.69, 9.17) is 4.74 Å². The first-order chi connectivity index (χ1) is 11.6. The summed E-state index contributed by atoms with van der Waals surface area (Å²) in [5, 5.41) is 0. The first-order valence-corrected chi connectivity index (χ1v) is 9.27. The first-order valence-electron chi connectivity index (χ1n) is 8.45. The van der Waals surface area contributed by atoms with Crippen LogP contribution >= 0.6 is 11.3 Å². The van der Waals surface area contributed by atoms with Crippen molar-refractivity contribution in [1.82, 2.24) is 4.57 Å². The number of fused-ring (bicyclic) bond motifs is 1. The van der Waals surface area contributed by atoms with Gasteiger partial charge < -0.3 is 9.30 Å². The van der Waals surface area contributed by atoms with E-state index < -0.39 is 0 Å². The van der Waals surface area contributed by atoms with Crippen LogP contribution in [0.25, 0.3) is 10.2 Å². The molecule has 1 fully saturated rings. The van der Waals surface area contributed by atoms with Crippen LogP contribution in [0.4, 0.5) is 0 Å². The van der Waals surface area contributed by atoms with Crippen LogP contribution in [-0.2, 0) is 16.6 Å². The van der Waals surface area contributed by atoms with E-state index in [0.717, 1.165) is 35.9 Å². The fourth-order valence-electron chi connectivity index (χ4n) is 3.12. The Morgan fingerprint density at radius 3 is 2.75 bits per heavy atom. The minimum atomic E-state index is -0.327. The predicted molar refractivity (Wildman–Crippen MR) is 93.9 cm³/mol. The third-order valence-corrected chi connectivity index (χ3v) is 5.58. The molecule has 3 rings (SSSR count). The number of aryl methyl sites for hydroxylation is 1. The summed E-state index contributed by atoms with van der Waals surface area (Å²) in [5.41, 5.74) is 1.49. The summed E-state index contributed by atoms with van der Waals surface area (Å²) in [7, 11) is 1.90. The van der Waals surface area contributed by atoms with Gasteiger partial charge in [-0.25, -0.2) is 4.79 Å². The van der Waals surface area contributed by atoms with Crippen molar-refractivity contribution in [3.8, 4) is 0 Å². The molecule has 1 aliphatic carbocycles. The molecule has 0 atom stereocenters. The molecule has 0 bridgehead atoms. The molecule has 0 radical (unpaired) electrons. The van der Waals surface area contributed by atoms with Crippen molar-refractivity contribution in [2.24, 2.45) is 18.0 Å². The van der Waals surface area contributed by atoms with Crippen LogP contribution in [0.1, 0.15) is 49.4 Å². The monoisotopic (exact) mass is 346 g/mol. The summed E-state index contributed by atoms with van der Waals surface area (Å²) < 4.78 is 7.88. The van der Waals surface area contributed by atoms with Crippen LogP contribution in [0.2, 0.25) is 0 Å². The molecule has 2 aromatic rings. The van der Waals surface area contributed by atoms with Gasteiger partial charge in [0.1, 0.15) is 0 Å². The zero-order chi connectivity index (χ0) is 17.1. The first kappa shape index (κ1) is 16.9. The molecule has 0 aliphatic heterocycles. The number of aromatic nitrogens is 1. The van der Waals surface area contributed by atoms with Crippen LogP contribution in [0.5, 0.6) is 0 Å². The summed E-state index contributed by atoms with van der Waals surface area (Å²) in [5.74, 6) is -0.270. The number of amides is 1. The second kappa shape index (κ2) is 7.30. The van der Waals surface area contributed by atoms with Crippen LogP contribution in [0, 0.1) is 5.92 Å². The smallest absolute Gasteiger partial charge is 0.338 e. The normalized spacial score (nSPS) is 16.5. The Morgan fingerprint density at radius 1 is 1.29 bits per heavy atom. The van der Waals surface area contributed by atoms with E-state index in [-0.39, 0.29) is 17.8 Å². The summed E-state index contributed by atoms with van der Waals surface area (Å²) in [6.45, 7) is 2.14. The highest BCUT2D eigenvalue weighted by Gasteiger charge is 2.21. The van der Waals surface area contributed by atoms with Crippen LogP contribution < -0.4 is 4.80 Å². The van der Waals surface area contributed by atoms with Gasteiger partial charge in [0.15, 0.2) is 4.80 Å². The van der Waals surface area contributed by atoms with Gasteiger partial charge >= 0.3 is 5.97 Å². The summed E-state index contributed by atoms with van der Waals surface area (Å²) in [6, 6.07) is 5.43. The second-order valence-electron chi connectivity index (χ2n) is 6.13. The second-order valence-corrected chi connectivity index (χ2v) is 7.14. The number of nitrogens with zero attached hydrogens (tertiary/aromatic N) is 2. The molecule has 1 aromatic heterocycles. The summed E-state index contributed by atoms with van der Waals surface area (Å²) in [6.07, 6.45) is 5.35. The molecule has 1 heterocycles. The average Bonchev–Trinajstić information content (AvgIpc) is 2.91. The Labute approximate surface area is 145 Å². The molecule has 6 heteroatoms. The zero-order valence-corrected chi connectivity index (χ0v) is 14.9. The van der Waals surface area contributed by atoms with Crippen molar-refractivity contribution < 1.29 is 14.3 Å². The van der Waals surface area contributed by atoms with Gasteiger partial charge in [0.25, 0.3) is 5.91 Å². The van der Waals surface area contributed by atoms with E-state index in [2.05, 4.69) is 4.99 Å². The number of carbonyl (C=O) groups is 2. The van der Waals surface area contributed by atoms with E-state index in [1.165, 1.54) is 17.8 Å². The molecule has 1 aliphatic rings. The van der Waals surface area contributed by atoms with Gasteiger partial charge in [-0.05, 0) is 38.0 Å². The maximum atomic E-state index is 12.4. The van der Waals surface area contributed by atoms with Crippen molar-refractivity contribution in [2.75, 3.05) is 6.61 Å². The largest absolute Gasteiger partial charge is 0.462 e. The zero-order valence-electron chi connectivity index (χ0n) is 14.1. The quantitative estimate of drug-likeness (QED) is 0.800. The Bertz CT molecular complexity index is 828. The highest BCUT2D eigenvalue weighted by molar-refractivity contribution is 7.16. The number of esters is 1. The lowest BCUT2D eigenvalue weighted by Gasteiger charge is -2.17. The van der Waals surface area contributed by atoms with Crippen molar-refractivity contribution >= 4 is 33.4 Å². The Hall–Kier alpha value is -1.95. The van der Waals surface area contributed by atoms with Gasteiger partial charge in [0, 0.05) is 13.0 Å². The summed E-state index contributed by atoms with van der Waals surface area (Å²) >= 11 is 1.43. The molecule has 1 amide bonds. The Morgan fingerprint density at radius 2 is 2.04 bits per heavy atom. The minimum absolute atomic E-state index is 0.0116. The van der Waals surface area contributed by atoms with Gasteiger partial charge in [-0.15, -0.1) is 0 Å². The number of ether oxygens (including phenoxy) is 1. The number of hydrogen-bond acceptors (Lipinski definition) is 4. The highest BCUT2D eigenvalue weighted by atomic mass is 32.1. The van der Waals surface area contributed by atoms with Crippen molar-refractivity contribution in [1.29, 1.82) is 0 Å². The third kappa shape index (κ3) is 3.43. The predicted octanol–water partition coefficient (Wildman–Crippen LogP) is 3.42. The SMILES string of the molecule is CCOC(=O)c1ccc2c(c1)sc(=NC(=O)C1CCCCC1)n2C. The lowest BCUT2D eigenvalue weighted by Crippen LogP contribution is -2.20. The molecule has 24 heavy (non-hydrogen) atoms. The number of thiazole rings is 1. The van der Waals surface area contributed by atoms with Gasteiger partial charge in [0.2, 0.25) is 0 Å². The van der Waals surface area contributed by atoms with Crippen molar-refractivity contribution in [3.63, 3.8) is 0 Å². The molecule has 0 N–H and O–H groups in total. The van der Waals surface area contributed by atoms with E-state index in [1.807, 2.05) is 23.7 Å². The van der Waals surface area contributed by atoms with Gasteiger partial charge in [0.05, 0.1) is 22.4 Å². The molecule has 5 nitrogen and oxygen atoms in total. The number of hydrogen-bond donors (Lipinski definition) is 0. The highest BCUT2D eigenvalue weighted by Crippen LogP contribution is 2.25. The minimum Gasteiger partial charge on any atom is -0.462 e. The number of benzene rings is 1. The van der Waals surface area contributed by atoms with E-state index in [1.54, 1.807) is 13.0 Å². The molecule has 128 valence electrons. The van der Waals surface area contributed by atoms with E-state index in [0.29, 0.717) is 17.0 Å². The molecule has 0 spiro atoms. The fraction of sp³-hybridized carbons (Fsp3) is 0.500. The van der Waals surface area contributed by atoms with Gasteiger partial charge in [-0.2, -0.15) is 4.99 Å². The van der Waals surface area contributed by atoms with Crippen LogP contribution in [0.3, 0.4) is 0 Å². The van der Waals surface area contributed by atoms with Crippen molar-refractivity contribution in [2.45, 2.75) is 39.0 Å². The van der Waals surface area contributed by atoms with E-state index in [9.17, 15) is 9.59 Å². The van der Waals surface area contributed by atoms with Gasteiger partial charge in [-0.3, -0.25) is 4.79 Å². The Balaban J connectivity index is 1.93. The van der Waals surface area contributed by atoms with Crippen molar-refractivity contribution in [3.05, 3.63) is 28.6 Å². The molecule has 1 saturated carbocycles. The average molecular weight is 346 g/mol. The number of rotatable bonds is 3. The molecule has 1 aromatic carbocycles. The molecule has 0 saturated heterocycles. The fourth-order valence-corrected chi connectivity index (χ4v) is 4.18. The Kier molecular flexibility index (Phi) is 5.14.